The minimum Gasteiger partial charge on any atom is -0.493 e. The van der Waals surface area contributed by atoms with E-state index < -0.39 is 0 Å². The van der Waals surface area contributed by atoms with Crippen LogP contribution in [0.25, 0.3) is 10.6 Å². The van der Waals surface area contributed by atoms with Crippen LogP contribution >= 0.6 is 11.3 Å². The summed E-state index contributed by atoms with van der Waals surface area (Å²) in [6.07, 6.45) is 4.20. The third-order valence-corrected chi connectivity index (χ3v) is 4.79. The number of pyridine rings is 1. The van der Waals surface area contributed by atoms with Gasteiger partial charge in [-0.1, -0.05) is 6.92 Å². The maximum atomic E-state index is 12.5. The first-order valence-corrected chi connectivity index (χ1v) is 8.96. The van der Waals surface area contributed by atoms with Crippen molar-refractivity contribution < 1.29 is 14.3 Å². The lowest BCUT2D eigenvalue weighted by Gasteiger charge is -2.08. The Morgan fingerprint density at radius 3 is 2.73 bits per heavy atom. The van der Waals surface area contributed by atoms with Crippen LogP contribution in [0.3, 0.4) is 0 Å². The van der Waals surface area contributed by atoms with Crippen LogP contribution in [0.2, 0.25) is 0 Å². The summed E-state index contributed by atoms with van der Waals surface area (Å²) in [6.45, 7) is 2.02. The number of aryl methyl sites for hydroxylation is 1. The molecule has 26 heavy (non-hydrogen) atoms. The fraction of sp³-hybridized carbons (Fsp3) is 0.211. The number of carbonyl (C=O) groups excluding carboxylic acids is 1. The van der Waals surface area contributed by atoms with Crippen molar-refractivity contribution in [2.24, 2.45) is 0 Å². The lowest BCUT2D eigenvalue weighted by atomic mass is 10.2. The van der Waals surface area contributed by atoms with Crippen LogP contribution in [-0.2, 0) is 6.42 Å². The Bertz CT molecular complexity index is 924. The summed E-state index contributed by atoms with van der Waals surface area (Å²) in [4.78, 5) is 21.1. The molecule has 1 aromatic carbocycles. The largest absolute Gasteiger partial charge is 0.493 e. The van der Waals surface area contributed by atoms with Gasteiger partial charge in [0.1, 0.15) is 10.7 Å². The summed E-state index contributed by atoms with van der Waals surface area (Å²) in [5, 5.41) is 5.39. The van der Waals surface area contributed by atoms with Gasteiger partial charge in [0.15, 0.2) is 11.5 Å². The van der Waals surface area contributed by atoms with Gasteiger partial charge in [-0.05, 0) is 36.2 Å². The van der Waals surface area contributed by atoms with Crippen LogP contribution in [0.4, 0.5) is 5.69 Å². The number of hydrogen-bond acceptors (Lipinski definition) is 6. The third kappa shape index (κ3) is 3.67. The Morgan fingerprint density at radius 2 is 2.00 bits per heavy atom. The molecule has 134 valence electrons. The second-order valence-corrected chi connectivity index (χ2v) is 6.31. The Labute approximate surface area is 155 Å². The van der Waals surface area contributed by atoms with Gasteiger partial charge >= 0.3 is 0 Å². The molecule has 0 aliphatic rings. The number of amides is 1. The van der Waals surface area contributed by atoms with Crippen molar-refractivity contribution in [3.8, 4) is 22.1 Å². The van der Waals surface area contributed by atoms with Gasteiger partial charge in [0.2, 0.25) is 0 Å². The van der Waals surface area contributed by atoms with E-state index in [1.807, 2.05) is 25.1 Å². The fourth-order valence-corrected chi connectivity index (χ4v) is 3.29. The SMILES string of the molecule is CCc1cnccc1NC(=O)c1csc(-c2ccc(OC)c(OC)c2)n1. The molecule has 0 radical (unpaired) electrons. The number of ether oxygens (including phenoxy) is 2. The van der Waals surface area contributed by atoms with E-state index in [0.29, 0.717) is 17.2 Å². The molecule has 0 aliphatic carbocycles. The number of hydrogen-bond donors (Lipinski definition) is 1. The zero-order chi connectivity index (χ0) is 18.5. The van der Waals surface area contributed by atoms with Crippen molar-refractivity contribution in [1.29, 1.82) is 0 Å². The van der Waals surface area contributed by atoms with Gasteiger partial charge in [-0.15, -0.1) is 11.3 Å². The predicted molar refractivity (Wildman–Crippen MR) is 102 cm³/mol. The topological polar surface area (TPSA) is 73.3 Å². The smallest absolute Gasteiger partial charge is 0.275 e. The maximum absolute atomic E-state index is 12.5. The Hall–Kier alpha value is -2.93. The molecule has 2 aromatic heterocycles. The number of rotatable bonds is 6. The lowest BCUT2D eigenvalue weighted by molar-refractivity contribution is 0.102. The number of carbonyl (C=O) groups is 1. The lowest BCUT2D eigenvalue weighted by Crippen LogP contribution is -2.13. The standard InChI is InChI=1S/C19H19N3O3S/c1-4-12-10-20-8-7-14(12)21-18(23)15-11-26-19(22-15)13-5-6-16(24-2)17(9-13)25-3/h5-11H,4H2,1-3H3,(H,20,21,23). The third-order valence-electron chi connectivity index (χ3n) is 3.90. The number of benzene rings is 1. The van der Waals surface area contributed by atoms with Crippen molar-refractivity contribution >= 4 is 22.9 Å². The van der Waals surface area contributed by atoms with Gasteiger partial charge < -0.3 is 14.8 Å². The minimum atomic E-state index is -0.242. The first-order valence-electron chi connectivity index (χ1n) is 8.08. The van der Waals surface area contributed by atoms with Crippen LogP contribution < -0.4 is 14.8 Å². The predicted octanol–water partition coefficient (Wildman–Crippen LogP) is 4.04. The zero-order valence-corrected chi connectivity index (χ0v) is 15.6. The second-order valence-electron chi connectivity index (χ2n) is 5.45. The number of methoxy groups -OCH3 is 2. The van der Waals surface area contributed by atoms with E-state index in [1.54, 1.807) is 38.1 Å². The van der Waals surface area contributed by atoms with E-state index >= 15 is 0 Å². The summed E-state index contributed by atoms with van der Waals surface area (Å²) in [7, 11) is 3.18. The van der Waals surface area contributed by atoms with E-state index in [-0.39, 0.29) is 5.91 Å². The summed E-state index contributed by atoms with van der Waals surface area (Å²) in [5.74, 6) is 1.03. The molecule has 1 amide bonds. The highest BCUT2D eigenvalue weighted by atomic mass is 32.1. The molecule has 0 aliphatic heterocycles. The van der Waals surface area contributed by atoms with Gasteiger partial charge in [-0.2, -0.15) is 0 Å². The second kappa shape index (κ2) is 7.97. The van der Waals surface area contributed by atoms with E-state index in [1.165, 1.54) is 11.3 Å². The first-order chi connectivity index (χ1) is 12.7. The van der Waals surface area contributed by atoms with Gasteiger partial charge in [0.05, 0.1) is 14.2 Å². The number of thiazole rings is 1. The summed E-state index contributed by atoms with van der Waals surface area (Å²) in [6, 6.07) is 7.34. The number of nitrogens with one attached hydrogen (secondary N) is 1. The monoisotopic (exact) mass is 369 g/mol. The highest BCUT2D eigenvalue weighted by Gasteiger charge is 2.15. The van der Waals surface area contributed by atoms with Crippen molar-refractivity contribution in [2.75, 3.05) is 19.5 Å². The average molecular weight is 369 g/mol. The maximum Gasteiger partial charge on any atom is 0.275 e. The fourth-order valence-electron chi connectivity index (χ4n) is 2.50. The quantitative estimate of drug-likeness (QED) is 0.710. The summed E-state index contributed by atoms with van der Waals surface area (Å²) < 4.78 is 10.6. The molecular formula is C19H19N3O3S. The van der Waals surface area contributed by atoms with Crippen LogP contribution in [0.15, 0.2) is 42.0 Å². The molecule has 1 N–H and O–H groups in total. The van der Waals surface area contributed by atoms with Crippen molar-refractivity contribution in [3.63, 3.8) is 0 Å². The number of anilines is 1. The van der Waals surface area contributed by atoms with E-state index in [4.69, 9.17) is 9.47 Å². The molecule has 0 unspecified atom stereocenters. The van der Waals surface area contributed by atoms with Crippen LogP contribution in [0, 0.1) is 0 Å². The molecule has 0 atom stereocenters. The van der Waals surface area contributed by atoms with Crippen molar-refractivity contribution in [1.82, 2.24) is 9.97 Å². The minimum absolute atomic E-state index is 0.242. The highest BCUT2D eigenvalue weighted by Crippen LogP contribution is 2.33. The molecular weight excluding hydrogens is 350 g/mol. The first kappa shape index (κ1) is 17.9. The van der Waals surface area contributed by atoms with E-state index in [2.05, 4.69) is 15.3 Å². The average Bonchev–Trinajstić information content (AvgIpc) is 3.18. The van der Waals surface area contributed by atoms with Gasteiger partial charge in [0, 0.05) is 29.0 Å². The van der Waals surface area contributed by atoms with Gasteiger partial charge in [-0.25, -0.2) is 4.98 Å². The highest BCUT2D eigenvalue weighted by molar-refractivity contribution is 7.13. The van der Waals surface area contributed by atoms with Crippen LogP contribution in [0.1, 0.15) is 23.0 Å². The molecule has 2 heterocycles. The molecule has 3 rings (SSSR count). The molecule has 0 saturated heterocycles. The normalized spacial score (nSPS) is 10.4. The molecule has 0 saturated carbocycles. The van der Waals surface area contributed by atoms with Gasteiger partial charge in [-0.3, -0.25) is 9.78 Å². The zero-order valence-electron chi connectivity index (χ0n) is 14.8. The van der Waals surface area contributed by atoms with Crippen LogP contribution in [-0.4, -0.2) is 30.1 Å². The molecule has 7 heteroatoms. The molecule has 3 aromatic rings. The van der Waals surface area contributed by atoms with Crippen molar-refractivity contribution in [2.45, 2.75) is 13.3 Å². The number of nitrogens with zero attached hydrogens (tertiary/aromatic N) is 2. The van der Waals surface area contributed by atoms with E-state index in [0.717, 1.165) is 28.2 Å². The van der Waals surface area contributed by atoms with Gasteiger partial charge in [0.25, 0.3) is 5.91 Å². The van der Waals surface area contributed by atoms with Crippen molar-refractivity contribution in [3.05, 3.63) is 53.3 Å². The molecule has 0 fully saturated rings. The Kier molecular flexibility index (Phi) is 5.48. The van der Waals surface area contributed by atoms with E-state index in [9.17, 15) is 4.79 Å². The summed E-state index contributed by atoms with van der Waals surface area (Å²) in [5.41, 5.74) is 2.98. The Morgan fingerprint density at radius 1 is 1.19 bits per heavy atom. The Balaban J connectivity index is 1.82. The molecule has 0 spiro atoms. The number of aromatic nitrogens is 2. The molecule has 6 nitrogen and oxygen atoms in total. The van der Waals surface area contributed by atoms with Crippen LogP contribution in [0.5, 0.6) is 11.5 Å². The summed E-state index contributed by atoms with van der Waals surface area (Å²) >= 11 is 1.40. The molecule has 0 bridgehead atoms.